The van der Waals surface area contributed by atoms with Crippen LogP contribution in [0.15, 0.2) is 64.9 Å². The molecule has 3 aromatic rings. The summed E-state index contributed by atoms with van der Waals surface area (Å²) in [5.74, 6) is -0.703. The fraction of sp³-hybridized carbons (Fsp3) is 0.333. The van der Waals surface area contributed by atoms with E-state index >= 15 is 0 Å². The lowest BCUT2D eigenvalue weighted by Crippen LogP contribution is -2.35. The number of anilines is 1. The first-order valence-electron chi connectivity index (χ1n) is 12.1. The number of sulfonamides is 1. The van der Waals surface area contributed by atoms with E-state index in [-0.39, 0.29) is 23.8 Å². The third-order valence-corrected chi connectivity index (χ3v) is 8.93. The summed E-state index contributed by atoms with van der Waals surface area (Å²) in [6, 6.07) is 16.2. The quantitative estimate of drug-likeness (QED) is 0.380. The van der Waals surface area contributed by atoms with Crippen LogP contribution in [0.2, 0.25) is 0 Å². The van der Waals surface area contributed by atoms with Gasteiger partial charge in [0.1, 0.15) is 10.6 Å². The maximum Gasteiger partial charge on any atom is 0.341 e. The number of hydrogen-bond donors (Lipinski definition) is 1. The van der Waals surface area contributed by atoms with Gasteiger partial charge in [-0.15, -0.1) is 11.3 Å². The molecule has 1 saturated heterocycles. The molecule has 9 heteroatoms. The van der Waals surface area contributed by atoms with Crippen LogP contribution in [-0.2, 0) is 26.0 Å². The van der Waals surface area contributed by atoms with Gasteiger partial charge in [0, 0.05) is 30.5 Å². The van der Waals surface area contributed by atoms with E-state index in [1.807, 2.05) is 35.7 Å². The minimum atomic E-state index is -3.48. The Morgan fingerprint density at radius 1 is 1.00 bits per heavy atom. The number of nitrogens with zero attached hydrogens (tertiary/aromatic N) is 1. The fourth-order valence-electron chi connectivity index (χ4n) is 4.22. The second-order valence-corrected chi connectivity index (χ2v) is 11.4. The summed E-state index contributed by atoms with van der Waals surface area (Å²) in [6.45, 7) is 3.10. The van der Waals surface area contributed by atoms with Gasteiger partial charge in [0.2, 0.25) is 15.9 Å². The lowest BCUT2D eigenvalue weighted by molar-refractivity contribution is -0.116. The SMILES string of the molecule is CCOC(=O)c1c(-c2ccccc2)csc1NC(=O)CCc1ccc(S(=O)(=O)N2CCCCC2)cc1. The van der Waals surface area contributed by atoms with Crippen LogP contribution in [0.1, 0.15) is 48.5 Å². The normalized spacial score (nSPS) is 14.4. The Morgan fingerprint density at radius 3 is 2.36 bits per heavy atom. The molecule has 1 fully saturated rings. The number of piperidine rings is 1. The standard InChI is InChI=1S/C27H30N2O5S2/c1-2-34-27(31)25-23(21-9-5-3-6-10-21)19-35-26(25)28-24(30)16-13-20-11-14-22(15-12-20)36(32,33)29-17-7-4-8-18-29/h3,5-6,9-12,14-15,19H,2,4,7-8,13,16-18H2,1H3,(H,28,30). The molecule has 0 unspecified atom stereocenters. The maximum atomic E-state index is 12.8. The minimum Gasteiger partial charge on any atom is -0.462 e. The Hall–Kier alpha value is -3.01. The highest BCUT2D eigenvalue weighted by Crippen LogP contribution is 2.36. The smallest absolute Gasteiger partial charge is 0.341 e. The van der Waals surface area contributed by atoms with Crippen LogP contribution in [-0.4, -0.2) is 44.3 Å². The number of hydrogen-bond acceptors (Lipinski definition) is 6. The number of aryl methyl sites for hydroxylation is 1. The Labute approximate surface area is 216 Å². The first kappa shape index (κ1) is 26.1. The zero-order valence-electron chi connectivity index (χ0n) is 20.2. The molecule has 0 spiro atoms. The van der Waals surface area contributed by atoms with Gasteiger partial charge in [-0.25, -0.2) is 13.2 Å². The van der Waals surface area contributed by atoms with E-state index in [9.17, 15) is 18.0 Å². The van der Waals surface area contributed by atoms with Gasteiger partial charge in [0.05, 0.1) is 11.5 Å². The van der Waals surface area contributed by atoms with Crippen molar-refractivity contribution in [2.24, 2.45) is 0 Å². The van der Waals surface area contributed by atoms with E-state index in [0.29, 0.717) is 30.1 Å². The van der Waals surface area contributed by atoms with Crippen molar-refractivity contribution in [2.45, 2.75) is 43.9 Å². The first-order chi connectivity index (χ1) is 17.4. The Kier molecular flexibility index (Phi) is 8.56. The van der Waals surface area contributed by atoms with Crippen molar-refractivity contribution in [3.63, 3.8) is 0 Å². The van der Waals surface area contributed by atoms with Crippen LogP contribution < -0.4 is 5.32 Å². The Balaban J connectivity index is 1.41. The maximum absolute atomic E-state index is 12.8. The summed E-state index contributed by atoms with van der Waals surface area (Å²) in [6.07, 6.45) is 3.48. The van der Waals surface area contributed by atoms with E-state index in [1.54, 1.807) is 35.5 Å². The van der Waals surface area contributed by atoms with Gasteiger partial charge < -0.3 is 10.1 Å². The van der Waals surface area contributed by atoms with Crippen LogP contribution in [0.4, 0.5) is 5.00 Å². The van der Waals surface area contributed by atoms with Crippen molar-refractivity contribution in [2.75, 3.05) is 25.0 Å². The van der Waals surface area contributed by atoms with Crippen LogP contribution >= 0.6 is 11.3 Å². The predicted molar refractivity (Wildman–Crippen MR) is 142 cm³/mol. The molecule has 1 N–H and O–H groups in total. The third kappa shape index (κ3) is 6.03. The number of nitrogens with one attached hydrogen (secondary N) is 1. The lowest BCUT2D eigenvalue weighted by Gasteiger charge is -2.25. The van der Waals surface area contributed by atoms with Crippen molar-refractivity contribution in [1.82, 2.24) is 4.31 Å². The van der Waals surface area contributed by atoms with Crippen molar-refractivity contribution in [3.8, 4) is 11.1 Å². The Bertz CT molecular complexity index is 1300. The predicted octanol–water partition coefficient (Wildman–Crippen LogP) is 5.34. The monoisotopic (exact) mass is 526 g/mol. The minimum absolute atomic E-state index is 0.194. The van der Waals surface area contributed by atoms with Gasteiger partial charge in [0.25, 0.3) is 0 Å². The average Bonchev–Trinajstić information content (AvgIpc) is 3.32. The molecule has 1 aromatic heterocycles. The van der Waals surface area contributed by atoms with Crippen LogP contribution in [0, 0.1) is 0 Å². The molecule has 7 nitrogen and oxygen atoms in total. The van der Waals surface area contributed by atoms with E-state index in [1.165, 1.54) is 11.3 Å². The molecule has 0 aliphatic carbocycles. The summed E-state index contributed by atoms with van der Waals surface area (Å²) in [7, 11) is -3.48. The summed E-state index contributed by atoms with van der Waals surface area (Å²) < 4.78 is 32.5. The highest BCUT2D eigenvalue weighted by atomic mass is 32.2. The molecule has 4 rings (SSSR count). The van der Waals surface area contributed by atoms with Crippen molar-refractivity contribution >= 4 is 38.2 Å². The molecule has 190 valence electrons. The van der Waals surface area contributed by atoms with E-state index in [2.05, 4.69) is 5.32 Å². The van der Waals surface area contributed by atoms with E-state index in [0.717, 1.165) is 36.0 Å². The van der Waals surface area contributed by atoms with Gasteiger partial charge in [-0.1, -0.05) is 48.9 Å². The summed E-state index contributed by atoms with van der Waals surface area (Å²) in [5, 5.41) is 5.17. The zero-order chi connectivity index (χ0) is 25.5. The molecule has 36 heavy (non-hydrogen) atoms. The lowest BCUT2D eigenvalue weighted by atomic mass is 10.0. The summed E-state index contributed by atoms with van der Waals surface area (Å²) in [4.78, 5) is 25.7. The van der Waals surface area contributed by atoms with E-state index < -0.39 is 16.0 Å². The fourth-order valence-corrected chi connectivity index (χ4v) is 6.71. The number of benzene rings is 2. The molecule has 1 aliphatic heterocycles. The van der Waals surface area contributed by atoms with Crippen molar-refractivity contribution in [1.29, 1.82) is 0 Å². The molecule has 0 radical (unpaired) electrons. The molecular weight excluding hydrogens is 496 g/mol. The molecule has 1 aliphatic rings. The number of rotatable bonds is 9. The second-order valence-electron chi connectivity index (χ2n) is 8.60. The third-order valence-electron chi connectivity index (χ3n) is 6.13. The molecule has 0 saturated carbocycles. The first-order valence-corrected chi connectivity index (χ1v) is 14.4. The molecule has 2 aromatic carbocycles. The number of thiophene rings is 1. The molecule has 2 heterocycles. The number of carbonyl (C=O) groups excluding carboxylic acids is 2. The molecule has 0 atom stereocenters. The van der Waals surface area contributed by atoms with Gasteiger partial charge in [-0.3, -0.25) is 4.79 Å². The zero-order valence-corrected chi connectivity index (χ0v) is 21.9. The molecule has 1 amide bonds. The van der Waals surface area contributed by atoms with Gasteiger partial charge in [-0.2, -0.15) is 4.31 Å². The van der Waals surface area contributed by atoms with Crippen LogP contribution in [0.3, 0.4) is 0 Å². The van der Waals surface area contributed by atoms with Crippen LogP contribution in [0.5, 0.6) is 0 Å². The largest absolute Gasteiger partial charge is 0.462 e. The van der Waals surface area contributed by atoms with Gasteiger partial charge in [-0.05, 0) is 49.4 Å². The number of esters is 1. The highest BCUT2D eigenvalue weighted by molar-refractivity contribution is 7.89. The summed E-state index contributed by atoms with van der Waals surface area (Å²) in [5.41, 5.74) is 2.81. The summed E-state index contributed by atoms with van der Waals surface area (Å²) >= 11 is 1.29. The van der Waals surface area contributed by atoms with E-state index in [4.69, 9.17) is 4.74 Å². The number of carbonyl (C=O) groups is 2. The average molecular weight is 527 g/mol. The van der Waals surface area contributed by atoms with Crippen LogP contribution in [0.25, 0.3) is 11.1 Å². The van der Waals surface area contributed by atoms with Gasteiger partial charge >= 0.3 is 5.97 Å². The number of ether oxygens (including phenoxy) is 1. The van der Waals surface area contributed by atoms with Gasteiger partial charge in [0.15, 0.2) is 0 Å². The topological polar surface area (TPSA) is 92.8 Å². The van der Waals surface area contributed by atoms with Crippen molar-refractivity contribution in [3.05, 3.63) is 71.1 Å². The second kappa shape index (κ2) is 11.8. The number of amides is 1. The highest BCUT2D eigenvalue weighted by Gasteiger charge is 2.26. The van der Waals surface area contributed by atoms with Crippen molar-refractivity contribution < 1.29 is 22.7 Å². The molecular formula is C27H30N2O5S2. The molecule has 0 bridgehead atoms. The Morgan fingerprint density at radius 2 is 1.69 bits per heavy atom.